The highest BCUT2D eigenvalue weighted by atomic mass is 35.5. The third-order valence-electron chi connectivity index (χ3n) is 4.95. The van der Waals surface area contributed by atoms with Crippen LogP contribution in [-0.2, 0) is 6.54 Å². The standard InChI is InChI=1S/C23H31ClFN5O2/c1-23(2,3)19(26)12-20(27)29-22(28-13-14-9-10-15(25)11-17(14)24)30-21(31)16-7-5-6-8-18(16)32-4/h5-11,19-20H,12-13,26-27H2,1-4H3,(H2,28,29,30,31). The van der Waals surface area contributed by atoms with Crippen LogP contribution in [0.5, 0.6) is 5.75 Å². The molecule has 1 amide bonds. The molecule has 7 nitrogen and oxygen atoms in total. The largest absolute Gasteiger partial charge is 0.496 e. The number of aliphatic imine (C=N–C) groups is 1. The van der Waals surface area contributed by atoms with Gasteiger partial charge in [-0.2, -0.15) is 0 Å². The number of nitrogens with zero attached hydrogens (tertiary/aromatic N) is 1. The Morgan fingerprint density at radius 2 is 1.91 bits per heavy atom. The number of carbonyl (C=O) groups is 1. The molecule has 2 aromatic carbocycles. The molecule has 0 fully saturated rings. The lowest BCUT2D eigenvalue weighted by atomic mass is 9.85. The molecule has 9 heteroatoms. The Hall–Kier alpha value is -2.68. The Kier molecular flexibility index (Phi) is 9.00. The van der Waals surface area contributed by atoms with E-state index in [0.29, 0.717) is 23.3 Å². The van der Waals surface area contributed by atoms with Crippen LogP contribution in [-0.4, -0.2) is 31.2 Å². The summed E-state index contributed by atoms with van der Waals surface area (Å²) in [6, 6.07) is 10.7. The van der Waals surface area contributed by atoms with Crippen molar-refractivity contribution in [1.82, 2.24) is 10.6 Å². The number of guanidine groups is 1. The van der Waals surface area contributed by atoms with E-state index in [1.54, 1.807) is 24.3 Å². The number of hydrogen-bond acceptors (Lipinski definition) is 5. The van der Waals surface area contributed by atoms with Crippen LogP contribution in [0, 0.1) is 11.2 Å². The molecule has 0 radical (unpaired) electrons. The normalized spacial score (nSPS) is 13.9. The fraction of sp³-hybridized carbons (Fsp3) is 0.391. The third-order valence-corrected chi connectivity index (χ3v) is 5.30. The fourth-order valence-corrected chi connectivity index (χ4v) is 3.03. The van der Waals surface area contributed by atoms with Crippen molar-refractivity contribution < 1.29 is 13.9 Å². The molecule has 2 aromatic rings. The number of nitrogens with two attached hydrogens (primary N) is 2. The highest BCUT2D eigenvalue weighted by Gasteiger charge is 2.24. The van der Waals surface area contributed by atoms with Crippen LogP contribution in [0.25, 0.3) is 0 Å². The van der Waals surface area contributed by atoms with E-state index >= 15 is 0 Å². The molecule has 0 spiro atoms. The smallest absolute Gasteiger partial charge is 0.261 e. The van der Waals surface area contributed by atoms with E-state index < -0.39 is 17.9 Å². The molecule has 0 saturated carbocycles. The summed E-state index contributed by atoms with van der Waals surface area (Å²) in [4.78, 5) is 17.3. The van der Waals surface area contributed by atoms with E-state index in [9.17, 15) is 9.18 Å². The zero-order valence-corrected chi connectivity index (χ0v) is 19.5. The molecular formula is C23H31ClFN5O2. The molecule has 0 heterocycles. The predicted octanol–water partition coefficient (Wildman–Crippen LogP) is 3.41. The number of methoxy groups -OCH3 is 1. The monoisotopic (exact) mass is 463 g/mol. The maximum atomic E-state index is 13.3. The quantitative estimate of drug-likeness (QED) is 0.285. The first-order chi connectivity index (χ1) is 15.0. The average molecular weight is 464 g/mol. The Bertz CT molecular complexity index is 962. The molecular weight excluding hydrogens is 433 g/mol. The minimum atomic E-state index is -0.565. The molecule has 174 valence electrons. The highest BCUT2D eigenvalue weighted by molar-refractivity contribution is 6.31. The van der Waals surface area contributed by atoms with Crippen molar-refractivity contribution in [2.45, 2.75) is 45.9 Å². The number of hydrogen-bond donors (Lipinski definition) is 4. The van der Waals surface area contributed by atoms with Crippen molar-refractivity contribution >= 4 is 23.5 Å². The lowest BCUT2D eigenvalue weighted by molar-refractivity contribution is 0.0972. The highest BCUT2D eigenvalue weighted by Crippen LogP contribution is 2.21. The van der Waals surface area contributed by atoms with Crippen molar-refractivity contribution in [3.05, 3.63) is 64.4 Å². The van der Waals surface area contributed by atoms with Crippen LogP contribution in [0.3, 0.4) is 0 Å². The molecule has 6 N–H and O–H groups in total. The number of rotatable bonds is 7. The zero-order chi connectivity index (χ0) is 23.9. The van der Waals surface area contributed by atoms with Gasteiger partial charge in [0.1, 0.15) is 11.6 Å². The Labute approximate surface area is 193 Å². The maximum Gasteiger partial charge on any atom is 0.261 e. The van der Waals surface area contributed by atoms with Crippen LogP contribution < -0.4 is 26.8 Å². The van der Waals surface area contributed by atoms with Crippen LogP contribution in [0.4, 0.5) is 4.39 Å². The maximum absolute atomic E-state index is 13.3. The van der Waals surface area contributed by atoms with Gasteiger partial charge in [-0.05, 0) is 41.7 Å². The van der Waals surface area contributed by atoms with Gasteiger partial charge in [0.05, 0.1) is 25.4 Å². The number of amides is 1. The minimum Gasteiger partial charge on any atom is -0.496 e. The second kappa shape index (κ2) is 11.3. The summed E-state index contributed by atoms with van der Waals surface area (Å²) in [7, 11) is 1.49. The lowest BCUT2D eigenvalue weighted by Gasteiger charge is -2.30. The second-order valence-electron chi connectivity index (χ2n) is 8.51. The molecule has 0 saturated heterocycles. The molecule has 32 heavy (non-hydrogen) atoms. The first-order valence-electron chi connectivity index (χ1n) is 10.2. The van der Waals surface area contributed by atoms with E-state index in [1.807, 2.05) is 20.8 Å². The number of para-hydroxylation sites is 1. The molecule has 0 aliphatic rings. The van der Waals surface area contributed by atoms with Gasteiger partial charge in [0.2, 0.25) is 0 Å². The molecule has 0 aliphatic carbocycles. The molecule has 2 unspecified atom stereocenters. The van der Waals surface area contributed by atoms with Gasteiger partial charge in [0.25, 0.3) is 5.91 Å². The summed E-state index contributed by atoms with van der Waals surface area (Å²) in [6.45, 7) is 6.18. The Morgan fingerprint density at radius 1 is 1.22 bits per heavy atom. The summed E-state index contributed by atoms with van der Waals surface area (Å²) < 4.78 is 18.6. The van der Waals surface area contributed by atoms with Crippen molar-refractivity contribution in [2.24, 2.45) is 21.9 Å². The van der Waals surface area contributed by atoms with Crippen molar-refractivity contribution in [3.8, 4) is 5.75 Å². The van der Waals surface area contributed by atoms with Crippen LogP contribution >= 0.6 is 11.6 Å². The average Bonchev–Trinajstić information content (AvgIpc) is 2.72. The zero-order valence-electron chi connectivity index (χ0n) is 18.8. The summed E-state index contributed by atoms with van der Waals surface area (Å²) >= 11 is 6.10. The summed E-state index contributed by atoms with van der Waals surface area (Å²) in [5.74, 6) is -0.296. The predicted molar refractivity (Wildman–Crippen MR) is 126 cm³/mol. The summed E-state index contributed by atoms with van der Waals surface area (Å²) in [5, 5.41) is 5.99. The van der Waals surface area contributed by atoms with E-state index in [4.69, 9.17) is 27.8 Å². The number of carbonyl (C=O) groups excluding carboxylic acids is 1. The fourth-order valence-electron chi connectivity index (χ4n) is 2.80. The SMILES string of the molecule is COc1ccccc1C(=O)NC(=NCc1ccc(F)cc1Cl)NC(N)CC(N)C(C)(C)C. The first kappa shape index (κ1) is 25.6. The van der Waals surface area contributed by atoms with Gasteiger partial charge in [-0.1, -0.05) is 50.6 Å². The van der Waals surface area contributed by atoms with E-state index in [0.717, 1.165) is 0 Å². The van der Waals surface area contributed by atoms with Crippen LogP contribution in [0.2, 0.25) is 5.02 Å². The first-order valence-corrected chi connectivity index (χ1v) is 10.6. The van der Waals surface area contributed by atoms with E-state index in [-0.39, 0.29) is 29.0 Å². The number of ether oxygens (including phenoxy) is 1. The molecule has 0 aliphatic heterocycles. The van der Waals surface area contributed by atoms with Crippen LogP contribution in [0.1, 0.15) is 43.1 Å². The second-order valence-corrected chi connectivity index (χ2v) is 8.92. The molecule has 2 atom stereocenters. The van der Waals surface area contributed by atoms with Gasteiger partial charge in [-0.25, -0.2) is 9.38 Å². The summed E-state index contributed by atoms with van der Waals surface area (Å²) in [5.41, 5.74) is 13.3. The molecule has 2 rings (SSSR count). The third kappa shape index (κ3) is 7.47. The topological polar surface area (TPSA) is 115 Å². The van der Waals surface area contributed by atoms with Crippen molar-refractivity contribution in [1.29, 1.82) is 0 Å². The van der Waals surface area contributed by atoms with Crippen molar-refractivity contribution in [2.75, 3.05) is 7.11 Å². The van der Waals surface area contributed by atoms with E-state index in [2.05, 4.69) is 15.6 Å². The van der Waals surface area contributed by atoms with Crippen LogP contribution in [0.15, 0.2) is 47.5 Å². The number of benzene rings is 2. The van der Waals surface area contributed by atoms with Gasteiger partial charge in [0, 0.05) is 11.1 Å². The van der Waals surface area contributed by atoms with Gasteiger partial charge >= 0.3 is 0 Å². The van der Waals surface area contributed by atoms with Gasteiger partial charge < -0.3 is 21.5 Å². The number of nitrogens with one attached hydrogen (secondary N) is 2. The van der Waals surface area contributed by atoms with E-state index in [1.165, 1.54) is 25.3 Å². The lowest BCUT2D eigenvalue weighted by Crippen LogP contribution is -2.52. The Morgan fingerprint density at radius 3 is 2.53 bits per heavy atom. The number of halogens is 2. The van der Waals surface area contributed by atoms with Gasteiger partial charge in [-0.15, -0.1) is 0 Å². The Balaban J connectivity index is 2.24. The minimum absolute atomic E-state index is 0.103. The van der Waals surface area contributed by atoms with Crippen molar-refractivity contribution in [3.63, 3.8) is 0 Å². The molecule has 0 aromatic heterocycles. The molecule has 0 bridgehead atoms. The van der Waals surface area contributed by atoms with Gasteiger partial charge in [0.15, 0.2) is 5.96 Å². The van der Waals surface area contributed by atoms with Gasteiger partial charge in [-0.3, -0.25) is 10.1 Å². The summed E-state index contributed by atoms with van der Waals surface area (Å²) in [6.07, 6.45) is -0.116.